The molecule has 2 aromatic heterocycles. The van der Waals surface area contributed by atoms with Gasteiger partial charge in [0.05, 0.1) is 27.3 Å². The van der Waals surface area contributed by atoms with Crippen LogP contribution in [0.3, 0.4) is 0 Å². The highest BCUT2D eigenvalue weighted by Gasteiger charge is 2.18. The lowest BCUT2D eigenvalue weighted by molar-refractivity contribution is 0.351. The van der Waals surface area contributed by atoms with Crippen molar-refractivity contribution in [2.45, 2.75) is 16.2 Å². The average molecular weight is 555 g/mol. The third-order valence-corrected chi connectivity index (χ3v) is 8.66. The molecule has 0 spiro atoms. The van der Waals surface area contributed by atoms with E-state index in [1.54, 1.807) is 54.7 Å². The van der Waals surface area contributed by atoms with E-state index in [9.17, 15) is 16.8 Å². The van der Waals surface area contributed by atoms with Gasteiger partial charge in [-0.2, -0.15) is 0 Å². The Kier molecular flexibility index (Phi) is 8.24. The molecule has 0 radical (unpaired) electrons. The fraction of sp³-hybridized carbons (Fsp3) is 0.269. The van der Waals surface area contributed by atoms with Crippen LogP contribution in [-0.4, -0.2) is 75.4 Å². The molecule has 0 bridgehead atoms. The first-order chi connectivity index (χ1) is 18.0. The van der Waals surface area contributed by atoms with Crippen molar-refractivity contribution in [1.82, 2.24) is 19.9 Å². The number of benzene rings is 2. The van der Waals surface area contributed by atoms with Crippen molar-refractivity contribution in [2.24, 2.45) is 0 Å². The molecule has 0 fully saturated rings. The molecule has 38 heavy (non-hydrogen) atoms. The Morgan fingerprint density at radius 1 is 0.921 bits per heavy atom. The number of rotatable bonds is 11. The van der Waals surface area contributed by atoms with E-state index < -0.39 is 19.7 Å². The summed E-state index contributed by atoms with van der Waals surface area (Å²) in [6.07, 6.45) is 3.66. The van der Waals surface area contributed by atoms with Gasteiger partial charge < -0.3 is 16.0 Å². The molecule has 0 unspecified atom stereocenters. The van der Waals surface area contributed by atoms with Gasteiger partial charge in [0.15, 0.2) is 5.82 Å². The van der Waals surface area contributed by atoms with Crippen LogP contribution in [0.5, 0.6) is 0 Å². The van der Waals surface area contributed by atoms with Gasteiger partial charge in [-0.05, 0) is 62.5 Å². The second kappa shape index (κ2) is 11.4. The summed E-state index contributed by atoms with van der Waals surface area (Å²) in [5.41, 5.74) is 7.44. The minimum atomic E-state index is -3.62. The number of nitrogens with one attached hydrogen (secondary N) is 1. The SMILES string of the molecule is CN(CCCNc1cc2c(N)nc(-c3ccc(S(=O)(=O)c4ccccc4)cc3)nc2cn1)CCS(C)(=O)=O. The van der Waals surface area contributed by atoms with Gasteiger partial charge in [-0.3, -0.25) is 0 Å². The Morgan fingerprint density at radius 3 is 2.29 bits per heavy atom. The lowest BCUT2D eigenvalue weighted by atomic mass is 10.2. The summed E-state index contributed by atoms with van der Waals surface area (Å²) < 4.78 is 48.3. The van der Waals surface area contributed by atoms with E-state index in [0.717, 1.165) is 13.0 Å². The van der Waals surface area contributed by atoms with Crippen LogP contribution in [-0.2, 0) is 19.7 Å². The van der Waals surface area contributed by atoms with Gasteiger partial charge in [-0.25, -0.2) is 31.8 Å². The third kappa shape index (κ3) is 6.82. The van der Waals surface area contributed by atoms with Gasteiger partial charge in [-0.1, -0.05) is 18.2 Å². The molecule has 10 nitrogen and oxygen atoms in total. The van der Waals surface area contributed by atoms with Crippen LogP contribution in [0, 0.1) is 0 Å². The molecular formula is C26H30N6O4S2. The van der Waals surface area contributed by atoms with E-state index >= 15 is 0 Å². The molecule has 4 aromatic rings. The molecule has 3 N–H and O–H groups in total. The summed E-state index contributed by atoms with van der Waals surface area (Å²) in [4.78, 5) is 15.8. The van der Waals surface area contributed by atoms with Crippen LogP contribution < -0.4 is 11.1 Å². The van der Waals surface area contributed by atoms with Gasteiger partial charge in [-0.15, -0.1) is 0 Å². The molecule has 0 amide bonds. The smallest absolute Gasteiger partial charge is 0.206 e. The van der Waals surface area contributed by atoms with Gasteiger partial charge in [0.2, 0.25) is 9.84 Å². The summed E-state index contributed by atoms with van der Waals surface area (Å²) in [7, 11) is -4.70. The topological polar surface area (TPSA) is 148 Å². The van der Waals surface area contributed by atoms with Gasteiger partial charge >= 0.3 is 0 Å². The molecule has 200 valence electrons. The Morgan fingerprint density at radius 2 is 1.61 bits per heavy atom. The third-order valence-electron chi connectivity index (χ3n) is 5.95. The second-order valence-corrected chi connectivity index (χ2v) is 13.3. The highest BCUT2D eigenvalue weighted by Crippen LogP contribution is 2.27. The number of pyridine rings is 1. The van der Waals surface area contributed by atoms with Crippen LogP contribution in [0.1, 0.15) is 6.42 Å². The molecule has 0 atom stereocenters. The van der Waals surface area contributed by atoms with E-state index in [4.69, 9.17) is 5.73 Å². The zero-order chi connectivity index (χ0) is 27.3. The molecule has 2 heterocycles. The summed E-state index contributed by atoms with van der Waals surface area (Å²) in [6, 6.07) is 16.4. The van der Waals surface area contributed by atoms with Crippen molar-refractivity contribution in [2.75, 3.05) is 49.7 Å². The Bertz CT molecular complexity index is 1630. The molecule has 0 saturated carbocycles. The van der Waals surface area contributed by atoms with Crippen molar-refractivity contribution < 1.29 is 16.8 Å². The van der Waals surface area contributed by atoms with Gasteiger partial charge in [0.1, 0.15) is 21.5 Å². The largest absolute Gasteiger partial charge is 0.383 e. The van der Waals surface area contributed by atoms with Crippen LogP contribution in [0.15, 0.2) is 76.7 Å². The first kappa shape index (κ1) is 27.4. The summed E-state index contributed by atoms with van der Waals surface area (Å²) in [5.74, 6) is 1.44. The van der Waals surface area contributed by atoms with Gasteiger partial charge in [0.25, 0.3) is 0 Å². The fourth-order valence-corrected chi connectivity index (χ4v) is 5.72. The predicted molar refractivity (Wildman–Crippen MR) is 149 cm³/mol. The molecule has 0 saturated heterocycles. The predicted octanol–water partition coefficient (Wildman–Crippen LogP) is 2.89. The Hall–Kier alpha value is -3.61. The second-order valence-electron chi connectivity index (χ2n) is 9.07. The van der Waals surface area contributed by atoms with E-state index in [1.807, 2.05) is 11.9 Å². The van der Waals surface area contributed by atoms with E-state index in [0.29, 0.717) is 41.2 Å². The zero-order valence-electron chi connectivity index (χ0n) is 21.2. The maximum absolute atomic E-state index is 12.8. The van der Waals surface area contributed by atoms with Gasteiger partial charge in [0, 0.05) is 30.3 Å². The number of nitrogens with zero attached hydrogens (tertiary/aromatic N) is 4. The van der Waals surface area contributed by atoms with Crippen molar-refractivity contribution >= 4 is 42.2 Å². The first-order valence-corrected chi connectivity index (χ1v) is 15.5. The highest BCUT2D eigenvalue weighted by atomic mass is 32.2. The first-order valence-electron chi connectivity index (χ1n) is 12.0. The Labute approximate surface area is 222 Å². The lowest BCUT2D eigenvalue weighted by Crippen LogP contribution is -2.27. The number of hydrogen-bond donors (Lipinski definition) is 2. The summed E-state index contributed by atoms with van der Waals surface area (Å²) >= 11 is 0. The number of nitrogens with two attached hydrogens (primary N) is 1. The standard InChI is InChI=1S/C26H30N6O4S2/c1-32(15-16-37(2,33)34)14-6-13-28-24-17-22-23(18-29-24)30-26(31-25(22)27)19-9-11-21(12-10-19)38(35,36)20-7-4-3-5-8-20/h3-5,7-12,17-18H,6,13-16H2,1-2H3,(H,28,29)(H2,27,30,31). The van der Waals surface area contributed by atoms with Crippen molar-refractivity contribution in [3.63, 3.8) is 0 Å². The van der Waals surface area contributed by atoms with Crippen LogP contribution in [0.25, 0.3) is 22.3 Å². The molecule has 0 aliphatic carbocycles. The maximum Gasteiger partial charge on any atom is 0.206 e. The van der Waals surface area contributed by atoms with E-state index in [-0.39, 0.29) is 21.4 Å². The maximum atomic E-state index is 12.8. The number of anilines is 2. The van der Waals surface area contributed by atoms with E-state index in [2.05, 4.69) is 20.3 Å². The van der Waals surface area contributed by atoms with Crippen molar-refractivity contribution in [3.8, 4) is 11.4 Å². The monoisotopic (exact) mass is 554 g/mol. The molecule has 4 rings (SSSR count). The summed E-state index contributed by atoms with van der Waals surface area (Å²) in [5, 5.41) is 3.90. The van der Waals surface area contributed by atoms with Crippen molar-refractivity contribution in [3.05, 3.63) is 66.9 Å². The minimum Gasteiger partial charge on any atom is -0.383 e. The zero-order valence-corrected chi connectivity index (χ0v) is 22.8. The average Bonchev–Trinajstić information content (AvgIpc) is 2.90. The van der Waals surface area contributed by atoms with Crippen molar-refractivity contribution in [1.29, 1.82) is 0 Å². The highest BCUT2D eigenvalue weighted by molar-refractivity contribution is 7.91. The molecular weight excluding hydrogens is 524 g/mol. The molecule has 12 heteroatoms. The van der Waals surface area contributed by atoms with E-state index in [1.165, 1.54) is 18.4 Å². The normalized spacial score (nSPS) is 12.2. The number of aromatic nitrogens is 3. The minimum absolute atomic E-state index is 0.140. The number of nitrogen functional groups attached to an aromatic ring is 1. The Balaban J connectivity index is 1.43. The lowest BCUT2D eigenvalue weighted by Gasteiger charge is -2.16. The number of sulfone groups is 2. The van der Waals surface area contributed by atoms with Crippen LogP contribution in [0.4, 0.5) is 11.6 Å². The number of fused-ring (bicyclic) bond motifs is 1. The quantitative estimate of drug-likeness (QED) is 0.265. The fourth-order valence-electron chi connectivity index (χ4n) is 3.80. The molecule has 2 aromatic carbocycles. The van der Waals surface area contributed by atoms with Crippen LogP contribution >= 0.6 is 0 Å². The molecule has 0 aliphatic heterocycles. The number of hydrogen-bond acceptors (Lipinski definition) is 10. The summed E-state index contributed by atoms with van der Waals surface area (Å²) in [6.45, 7) is 1.89. The molecule has 0 aliphatic rings. The van der Waals surface area contributed by atoms with Crippen LogP contribution in [0.2, 0.25) is 0 Å².